The Hall–Kier alpha value is -2.96. The molecular formula is C25H35N3O4. The number of nitro benzene ring substituents is 1. The summed E-state index contributed by atoms with van der Waals surface area (Å²) in [5.41, 5.74) is 4.28. The number of ether oxygens (including phenoxy) is 1. The van der Waals surface area contributed by atoms with E-state index in [4.69, 9.17) is 4.74 Å². The third-order valence-corrected chi connectivity index (χ3v) is 5.41. The van der Waals surface area contributed by atoms with Crippen LogP contribution in [0.2, 0.25) is 0 Å². The van der Waals surface area contributed by atoms with Crippen molar-refractivity contribution >= 4 is 17.0 Å². The van der Waals surface area contributed by atoms with Crippen molar-refractivity contribution in [1.82, 2.24) is 9.78 Å². The highest BCUT2D eigenvalue weighted by atomic mass is 16.6. The van der Waals surface area contributed by atoms with Gasteiger partial charge in [0.05, 0.1) is 22.8 Å². The first kappa shape index (κ1) is 25.3. The molecule has 7 heteroatoms. The van der Waals surface area contributed by atoms with E-state index in [9.17, 15) is 14.9 Å². The maximum Gasteiger partial charge on any atom is 0.277 e. The standard InChI is InChI=1S/C25H35N3O4/c1-14(2)12-27-25(32-13-15(3)4)23(19(9)26-27)24(29)20-10-11-21(28(30)31)22(18(20)8)17(7)16(5)6/h10-11,14-15H,12-13H2,1-9H3. The van der Waals surface area contributed by atoms with Gasteiger partial charge in [-0.3, -0.25) is 14.9 Å². The van der Waals surface area contributed by atoms with Crippen molar-refractivity contribution in [3.63, 3.8) is 0 Å². The van der Waals surface area contributed by atoms with Gasteiger partial charge < -0.3 is 4.74 Å². The molecule has 174 valence electrons. The van der Waals surface area contributed by atoms with Crippen LogP contribution in [0.4, 0.5) is 5.69 Å². The van der Waals surface area contributed by atoms with Crippen molar-refractivity contribution in [1.29, 1.82) is 0 Å². The third kappa shape index (κ3) is 5.26. The first-order valence-electron chi connectivity index (χ1n) is 11.0. The Bertz CT molecular complexity index is 1060. The SMILES string of the molecule is CC(C)=C(C)c1c([N+](=O)[O-])ccc(C(=O)c2c(C)nn(CC(C)C)c2OCC(C)C)c1C. The van der Waals surface area contributed by atoms with Gasteiger partial charge >= 0.3 is 0 Å². The Morgan fingerprint density at radius 2 is 1.72 bits per heavy atom. The van der Waals surface area contributed by atoms with Crippen LogP contribution >= 0.6 is 0 Å². The number of aromatic nitrogens is 2. The monoisotopic (exact) mass is 441 g/mol. The Morgan fingerprint density at radius 3 is 2.22 bits per heavy atom. The highest BCUT2D eigenvalue weighted by Gasteiger charge is 2.29. The summed E-state index contributed by atoms with van der Waals surface area (Å²) in [5, 5.41) is 16.3. The molecule has 0 spiro atoms. The van der Waals surface area contributed by atoms with Gasteiger partial charge in [-0.05, 0) is 63.7 Å². The van der Waals surface area contributed by atoms with Gasteiger partial charge in [0.25, 0.3) is 5.69 Å². The maximum absolute atomic E-state index is 13.8. The molecule has 2 rings (SSSR count). The number of hydrogen-bond donors (Lipinski definition) is 0. The van der Waals surface area contributed by atoms with Crippen LogP contribution in [0.15, 0.2) is 17.7 Å². The molecule has 32 heavy (non-hydrogen) atoms. The Kier molecular flexibility index (Phi) is 7.99. The lowest BCUT2D eigenvalue weighted by molar-refractivity contribution is -0.385. The van der Waals surface area contributed by atoms with Crippen molar-refractivity contribution < 1.29 is 14.5 Å². The van der Waals surface area contributed by atoms with Crippen LogP contribution < -0.4 is 4.74 Å². The molecule has 0 bridgehead atoms. The molecular weight excluding hydrogens is 406 g/mol. The average molecular weight is 442 g/mol. The maximum atomic E-state index is 13.8. The fraction of sp³-hybridized carbons (Fsp3) is 0.520. The number of aryl methyl sites for hydroxylation is 1. The quantitative estimate of drug-likeness (QED) is 0.265. The van der Waals surface area contributed by atoms with Crippen LogP contribution in [0, 0.1) is 35.8 Å². The number of rotatable bonds is 9. The van der Waals surface area contributed by atoms with E-state index < -0.39 is 4.92 Å². The normalized spacial score (nSPS) is 11.2. The lowest BCUT2D eigenvalue weighted by Crippen LogP contribution is -2.15. The number of nitro groups is 1. The van der Waals surface area contributed by atoms with Gasteiger partial charge in [-0.25, -0.2) is 4.68 Å². The number of carbonyl (C=O) groups is 1. The first-order chi connectivity index (χ1) is 14.9. The zero-order chi connectivity index (χ0) is 24.3. The molecule has 0 aliphatic carbocycles. The van der Waals surface area contributed by atoms with E-state index in [0.717, 1.165) is 11.1 Å². The Morgan fingerprint density at radius 1 is 1.09 bits per heavy atom. The number of allylic oxidation sites excluding steroid dienone is 2. The summed E-state index contributed by atoms with van der Waals surface area (Å²) >= 11 is 0. The molecule has 0 unspecified atom stereocenters. The molecule has 0 saturated carbocycles. The largest absolute Gasteiger partial charge is 0.477 e. The first-order valence-corrected chi connectivity index (χ1v) is 11.0. The number of hydrogen-bond acceptors (Lipinski definition) is 5. The smallest absolute Gasteiger partial charge is 0.277 e. The predicted octanol–water partition coefficient (Wildman–Crippen LogP) is 6.14. The van der Waals surface area contributed by atoms with Crippen molar-refractivity contribution in [2.24, 2.45) is 11.8 Å². The van der Waals surface area contributed by atoms with Crippen molar-refractivity contribution in [3.05, 3.63) is 55.8 Å². The second kappa shape index (κ2) is 10.1. The minimum atomic E-state index is -0.397. The van der Waals surface area contributed by atoms with Gasteiger partial charge in [-0.1, -0.05) is 33.3 Å². The molecule has 0 radical (unpaired) electrons. The number of nitrogens with zero attached hydrogens (tertiary/aromatic N) is 3. The summed E-state index contributed by atoms with van der Waals surface area (Å²) in [6, 6.07) is 2.97. The van der Waals surface area contributed by atoms with Crippen molar-refractivity contribution in [2.75, 3.05) is 6.61 Å². The minimum absolute atomic E-state index is 0.00116. The molecule has 0 amide bonds. The van der Waals surface area contributed by atoms with Crippen LogP contribution in [-0.4, -0.2) is 27.1 Å². The molecule has 0 N–H and O–H groups in total. The number of carbonyl (C=O) groups excluding carboxylic acids is 1. The summed E-state index contributed by atoms with van der Waals surface area (Å²) in [7, 11) is 0. The second-order valence-electron chi connectivity index (χ2n) is 9.39. The second-order valence-corrected chi connectivity index (χ2v) is 9.39. The van der Waals surface area contributed by atoms with E-state index in [1.807, 2.05) is 34.6 Å². The summed E-state index contributed by atoms with van der Waals surface area (Å²) in [6.45, 7) is 18.6. The molecule has 1 heterocycles. The molecule has 1 aromatic heterocycles. The molecule has 0 saturated heterocycles. The number of ketones is 1. The van der Waals surface area contributed by atoms with Gasteiger partial charge in [-0.15, -0.1) is 0 Å². The topological polar surface area (TPSA) is 87.3 Å². The molecule has 1 aromatic carbocycles. The van der Waals surface area contributed by atoms with Crippen LogP contribution in [-0.2, 0) is 6.54 Å². The average Bonchev–Trinajstić information content (AvgIpc) is 2.98. The Labute approximate surface area is 190 Å². The minimum Gasteiger partial charge on any atom is -0.477 e. The summed E-state index contributed by atoms with van der Waals surface area (Å²) < 4.78 is 7.84. The molecule has 0 fully saturated rings. The lowest BCUT2D eigenvalue weighted by atomic mass is 9.90. The lowest BCUT2D eigenvalue weighted by Gasteiger charge is -2.16. The number of benzene rings is 1. The third-order valence-electron chi connectivity index (χ3n) is 5.41. The van der Waals surface area contributed by atoms with Crippen LogP contribution in [0.25, 0.3) is 5.57 Å². The van der Waals surface area contributed by atoms with E-state index in [-0.39, 0.29) is 17.4 Å². The zero-order valence-electron chi connectivity index (χ0n) is 20.7. The van der Waals surface area contributed by atoms with E-state index in [0.29, 0.717) is 52.9 Å². The van der Waals surface area contributed by atoms with Crippen molar-refractivity contribution in [3.8, 4) is 5.88 Å². The van der Waals surface area contributed by atoms with Gasteiger partial charge in [0.1, 0.15) is 5.56 Å². The van der Waals surface area contributed by atoms with E-state index in [1.165, 1.54) is 6.07 Å². The molecule has 0 atom stereocenters. The van der Waals surface area contributed by atoms with Crippen molar-refractivity contribution in [2.45, 2.75) is 68.9 Å². The summed E-state index contributed by atoms with van der Waals surface area (Å²) in [4.78, 5) is 25.0. The summed E-state index contributed by atoms with van der Waals surface area (Å²) in [6.07, 6.45) is 0. The van der Waals surface area contributed by atoms with Crippen LogP contribution in [0.5, 0.6) is 5.88 Å². The molecule has 7 nitrogen and oxygen atoms in total. The van der Waals surface area contributed by atoms with E-state index in [1.54, 1.807) is 24.6 Å². The fourth-order valence-corrected chi connectivity index (χ4v) is 3.64. The highest BCUT2D eigenvalue weighted by molar-refractivity contribution is 6.12. The summed E-state index contributed by atoms with van der Waals surface area (Å²) in [5.74, 6) is 0.847. The van der Waals surface area contributed by atoms with Crippen LogP contribution in [0.3, 0.4) is 0 Å². The van der Waals surface area contributed by atoms with E-state index >= 15 is 0 Å². The fourth-order valence-electron chi connectivity index (χ4n) is 3.64. The van der Waals surface area contributed by atoms with Crippen LogP contribution in [0.1, 0.15) is 81.2 Å². The molecule has 0 aliphatic rings. The van der Waals surface area contributed by atoms with Gasteiger partial charge in [0.2, 0.25) is 11.7 Å². The molecule has 0 aliphatic heterocycles. The zero-order valence-corrected chi connectivity index (χ0v) is 20.7. The van der Waals surface area contributed by atoms with Gasteiger partial charge in [0, 0.05) is 18.2 Å². The van der Waals surface area contributed by atoms with Gasteiger partial charge in [-0.2, -0.15) is 5.10 Å². The van der Waals surface area contributed by atoms with E-state index in [2.05, 4.69) is 18.9 Å². The predicted molar refractivity (Wildman–Crippen MR) is 127 cm³/mol. The van der Waals surface area contributed by atoms with Gasteiger partial charge in [0.15, 0.2) is 0 Å². The molecule has 2 aromatic rings. The Balaban J connectivity index is 2.72. The highest BCUT2D eigenvalue weighted by Crippen LogP contribution is 2.35.